The highest BCUT2D eigenvalue weighted by atomic mass is 79.9. The van der Waals surface area contributed by atoms with Crippen LogP contribution in [0.5, 0.6) is 5.75 Å². The second-order valence-corrected chi connectivity index (χ2v) is 4.28. The topological polar surface area (TPSA) is 84.6 Å². The normalized spacial score (nSPS) is 14.2. The lowest BCUT2D eigenvalue weighted by Crippen LogP contribution is -2.50. The second kappa shape index (κ2) is 4.82. The minimum Gasteiger partial charge on any atom is -0.496 e. The van der Waals surface area contributed by atoms with Gasteiger partial charge in [0.2, 0.25) is 0 Å². The molecule has 6 heteroatoms. The third kappa shape index (κ3) is 2.18. The number of aliphatic carboxylic acids is 1. The molecule has 0 amide bonds. The summed E-state index contributed by atoms with van der Waals surface area (Å²) in [6, 6.07) is 4.99. The van der Waals surface area contributed by atoms with Gasteiger partial charge in [-0.2, -0.15) is 0 Å². The molecule has 0 aliphatic heterocycles. The Bertz CT molecular complexity index is 411. The number of halogens is 1. The summed E-state index contributed by atoms with van der Waals surface area (Å²) in [5.41, 5.74) is 1.51. The summed E-state index contributed by atoms with van der Waals surface area (Å²) >= 11 is 3.29. The van der Waals surface area contributed by atoms with Crippen molar-refractivity contribution < 1.29 is 14.6 Å². The molecule has 1 aromatic rings. The molecule has 4 N–H and O–H groups in total. The van der Waals surface area contributed by atoms with E-state index in [0.717, 1.165) is 0 Å². The molecule has 1 rings (SSSR count). The maximum atomic E-state index is 11.1. The predicted octanol–water partition coefficient (Wildman–Crippen LogP) is 1.22. The molecule has 0 aromatic heterocycles. The van der Waals surface area contributed by atoms with Crippen molar-refractivity contribution in [3.63, 3.8) is 0 Å². The lowest BCUT2D eigenvalue weighted by atomic mass is 9.93. The SMILES string of the molecule is COc1ccc(C(C)(NN)C(=O)O)cc1Br. The number of hydrogen-bond acceptors (Lipinski definition) is 4. The summed E-state index contributed by atoms with van der Waals surface area (Å²) in [6.45, 7) is 1.49. The Balaban J connectivity index is 3.23. The number of carboxylic acid groups (broad SMARTS) is 1. The van der Waals surface area contributed by atoms with E-state index in [2.05, 4.69) is 21.4 Å². The van der Waals surface area contributed by atoms with Crippen LogP contribution in [0.1, 0.15) is 12.5 Å². The Morgan fingerprint density at radius 3 is 2.62 bits per heavy atom. The molecular weight excluding hydrogens is 276 g/mol. The molecule has 0 heterocycles. The molecule has 1 unspecified atom stereocenters. The molecule has 1 aromatic carbocycles. The highest BCUT2D eigenvalue weighted by molar-refractivity contribution is 9.10. The fourth-order valence-electron chi connectivity index (χ4n) is 1.25. The molecule has 16 heavy (non-hydrogen) atoms. The summed E-state index contributed by atoms with van der Waals surface area (Å²) in [7, 11) is 1.54. The number of carbonyl (C=O) groups is 1. The summed E-state index contributed by atoms with van der Waals surface area (Å²) in [5, 5.41) is 9.11. The van der Waals surface area contributed by atoms with Crippen LogP contribution in [0.15, 0.2) is 22.7 Å². The van der Waals surface area contributed by atoms with E-state index in [9.17, 15) is 4.79 Å². The van der Waals surface area contributed by atoms with Gasteiger partial charge in [0.25, 0.3) is 0 Å². The van der Waals surface area contributed by atoms with E-state index >= 15 is 0 Å². The zero-order valence-corrected chi connectivity index (χ0v) is 10.5. The first kappa shape index (κ1) is 13.0. The third-order valence-electron chi connectivity index (χ3n) is 2.45. The van der Waals surface area contributed by atoms with Gasteiger partial charge in [-0.15, -0.1) is 0 Å². The second-order valence-electron chi connectivity index (χ2n) is 3.42. The van der Waals surface area contributed by atoms with Crippen LogP contribution in [0.2, 0.25) is 0 Å². The van der Waals surface area contributed by atoms with E-state index in [1.165, 1.54) is 14.0 Å². The first-order chi connectivity index (χ1) is 7.45. The fourth-order valence-corrected chi connectivity index (χ4v) is 1.79. The Morgan fingerprint density at radius 1 is 1.62 bits per heavy atom. The van der Waals surface area contributed by atoms with Gasteiger partial charge in [0, 0.05) is 0 Å². The van der Waals surface area contributed by atoms with Crippen molar-refractivity contribution in [1.29, 1.82) is 0 Å². The Labute approximate surface area is 102 Å². The number of benzene rings is 1. The van der Waals surface area contributed by atoms with Crippen molar-refractivity contribution in [1.82, 2.24) is 5.43 Å². The number of carboxylic acids is 1. The lowest BCUT2D eigenvalue weighted by Gasteiger charge is -2.24. The van der Waals surface area contributed by atoms with Crippen molar-refractivity contribution >= 4 is 21.9 Å². The van der Waals surface area contributed by atoms with Gasteiger partial charge in [-0.25, -0.2) is 10.2 Å². The van der Waals surface area contributed by atoms with Crippen LogP contribution in [-0.4, -0.2) is 18.2 Å². The summed E-state index contributed by atoms with van der Waals surface area (Å²) in [6.07, 6.45) is 0. The van der Waals surface area contributed by atoms with Crippen LogP contribution >= 0.6 is 15.9 Å². The molecule has 0 saturated carbocycles. The van der Waals surface area contributed by atoms with Gasteiger partial charge in [-0.1, -0.05) is 6.07 Å². The van der Waals surface area contributed by atoms with Crippen LogP contribution in [-0.2, 0) is 10.3 Å². The van der Waals surface area contributed by atoms with E-state index in [4.69, 9.17) is 15.7 Å². The number of nitrogens with one attached hydrogen (secondary N) is 1. The van der Waals surface area contributed by atoms with E-state index in [1.54, 1.807) is 18.2 Å². The number of methoxy groups -OCH3 is 1. The average molecular weight is 289 g/mol. The van der Waals surface area contributed by atoms with Gasteiger partial charge in [0.1, 0.15) is 5.75 Å². The standard InChI is InChI=1S/C10H13BrN2O3/c1-10(13-12,9(14)15)6-3-4-8(16-2)7(11)5-6/h3-5,13H,12H2,1-2H3,(H,14,15). The fraction of sp³-hybridized carbons (Fsp3) is 0.300. The van der Waals surface area contributed by atoms with Gasteiger partial charge < -0.3 is 9.84 Å². The number of nitrogens with two attached hydrogens (primary N) is 1. The van der Waals surface area contributed by atoms with Crippen molar-refractivity contribution in [3.05, 3.63) is 28.2 Å². The molecule has 0 saturated heterocycles. The predicted molar refractivity (Wildman–Crippen MR) is 63.0 cm³/mol. The molecular formula is C10H13BrN2O3. The van der Waals surface area contributed by atoms with Crippen molar-refractivity contribution in [2.45, 2.75) is 12.5 Å². The largest absolute Gasteiger partial charge is 0.496 e. The van der Waals surface area contributed by atoms with Crippen LogP contribution < -0.4 is 16.0 Å². The number of rotatable bonds is 4. The van der Waals surface area contributed by atoms with E-state index in [-0.39, 0.29) is 0 Å². The third-order valence-corrected chi connectivity index (χ3v) is 3.07. The minimum absolute atomic E-state index is 0.537. The molecule has 88 valence electrons. The van der Waals surface area contributed by atoms with Crippen LogP contribution in [0.4, 0.5) is 0 Å². The lowest BCUT2D eigenvalue weighted by molar-refractivity contribution is -0.144. The maximum Gasteiger partial charge on any atom is 0.329 e. The Hall–Kier alpha value is -1.11. The van der Waals surface area contributed by atoms with Crippen molar-refractivity contribution in [2.24, 2.45) is 5.84 Å². The first-order valence-corrected chi connectivity index (χ1v) is 5.30. The van der Waals surface area contributed by atoms with E-state index < -0.39 is 11.5 Å². The van der Waals surface area contributed by atoms with Crippen LogP contribution in [0.3, 0.4) is 0 Å². The summed E-state index contributed by atoms with van der Waals surface area (Å²) < 4.78 is 5.74. The summed E-state index contributed by atoms with van der Waals surface area (Å²) in [4.78, 5) is 11.1. The van der Waals surface area contributed by atoms with Gasteiger partial charge in [0.15, 0.2) is 5.54 Å². The van der Waals surface area contributed by atoms with Gasteiger partial charge in [0.05, 0.1) is 11.6 Å². The molecule has 0 aliphatic rings. The zero-order valence-electron chi connectivity index (χ0n) is 8.95. The number of hydrogen-bond donors (Lipinski definition) is 3. The number of hydrazine groups is 1. The monoisotopic (exact) mass is 288 g/mol. The molecule has 0 spiro atoms. The average Bonchev–Trinajstić information content (AvgIpc) is 2.27. The van der Waals surface area contributed by atoms with E-state index in [1.807, 2.05) is 0 Å². The van der Waals surface area contributed by atoms with Gasteiger partial charge in [-0.3, -0.25) is 5.84 Å². The molecule has 1 atom stereocenters. The Morgan fingerprint density at radius 2 is 2.25 bits per heavy atom. The maximum absolute atomic E-state index is 11.1. The minimum atomic E-state index is -1.32. The van der Waals surface area contributed by atoms with Crippen molar-refractivity contribution in [3.8, 4) is 5.75 Å². The van der Waals surface area contributed by atoms with E-state index in [0.29, 0.717) is 15.8 Å². The van der Waals surface area contributed by atoms with Gasteiger partial charge >= 0.3 is 5.97 Å². The molecule has 0 bridgehead atoms. The zero-order chi connectivity index (χ0) is 12.3. The molecule has 0 aliphatic carbocycles. The molecule has 0 radical (unpaired) electrons. The van der Waals surface area contributed by atoms with Crippen LogP contribution in [0.25, 0.3) is 0 Å². The summed E-state index contributed by atoms with van der Waals surface area (Å²) in [5.74, 6) is 4.87. The first-order valence-electron chi connectivity index (χ1n) is 4.51. The van der Waals surface area contributed by atoms with Crippen molar-refractivity contribution in [2.75, 3.05) is 7.11 Å². The Kier molecular flexibility index (Phi) is 3.90. The number of ether oxygens (including phenoxy) is 1. The smallest absolute Gasteiger partial charge is 0.329 e. The highest BCUT2D eigenvalue weighted by Gasteiger charge is 2.34. The molecule has 0 fully saturated rings. The van der Waals surface area contributed by atoms with Gasteiger partial charge in [-0.05, 0) is 40.5 Å². The molecule has 5 nitrogen and oxygen atoms in total. The van der Waals surface area contributed by atoms with Crippen LogP contribution in [0, 0.1) is 0 Å². The quantitative estimate of drug-likeness (QED) is 0.573. The highest BCUT2D eigenvalue weighted by Crippen LogP contribution is 2.30.